The number of benzene rings is 2. The van der Waals surface area contributed by atoms with Crippen molar-refractivity contribution in [2.75, 3.05) is 14.2 Å². The van der Waals surface area contributed by atoms with E-state index < -0.39 is 0 Å². The highest BCUT2D eigenvalue weighted by Gasteiger charge is 2.11. The Balaban J connectivity index is 2.22. The molecular weight excluding hydrogens is 250 g/mol. The van der Waals surface area contributed by atoms with Gasteiger partial charge in [0.05, 0.1) is 7.11 Å². The van der Waals surface area contributed by atoms with Gasteiger partial charge in [0.2, 0.25) is 0 Å². The molecule has 2 rings (SSSR count). The summed E-state index contributed by atoms with van der Waals surface area (Å²) < 4.78 is 11.4. The molecule has 0 saturated carbocycles. The molecular formula is C17H21NO2. The molecule has 0 heterocycles. The second kappa shape index (κ2) is 6.96. The van der Waals surface area contributed by atoms with Crippen molar-refractivity contribution in [3.63, 3.8) is 0 Å². The van der Waals surface area contributed by atoms with Crippen LogP contribution in [-0.4, -0.2) is 14.2 Å². The summed E-state index contributed by atoms with van der Waals surface area (Å²) in [5.41, 5.74) is 2.28. The van der Waals surface area contributed by atoms with Gasteiger partial charge in [0.1, 0.15) is 17.6 Å². The summed E-state index contributed by atoms with van der Waals surface area (Å²) in [5.74, 6) is 1.66. The molecule has 20 heavy (non-hydrogen) atoms. The number of hydrogen-bond donors (Lipinski definition) is 1. The Morgan fingerprint density at radius 1 is 1.10 bits per heavy atom. The monoisotopic (exact) mass is 271 g/mol. The lowest BCUT2D eigenvalue weighted by atomic mass is 10.1. The molecule has 1 unspecified atom stereocenters. The van der Waals surface area contributed by atoms with Crippen LogP contribution in [0.25, 0.3) is 0 Å². The quantitative estimate of drug-likeness (QED) is 0.871. The highest BCUT2D eigenvalue weighted by Crippen LogP contribution is 2.29. The molecule has 0 aromatic heterocycles. The highest BCUT2D eigenvalue weighted by molar-refractivity contribution is 5.41. The molecule has 0 saturated heterocycles. The predicted octanol–water partition coefficient (Wildman–Crippen LogP) is 3.55. The standard InChI is InChI=1S/C17H21NO2/c1-13(14-7-5-4-6-8-14)20-17-11-16(19-3)10-9-15(17)12-18-2/h4-11,13,18H,12H2,1-3H3. The molecule has 0 fully saturated rings. The minimum Gasteiger partial charge on any atom is -0.497 e. The van der Waals surface area contributed by atoms with Crippen molar-refractivity contribution in [3.8, 4) is 11.5 Å². The van der Waals surface area contributed by atoms with Gasteiger partial charge in [-0.2, -0.15) is 0 Å². The van der Waals surface area contributed by atoms with Gasteiger partial charge >= 0.3 is 0 Å². The van der Waals surface area contributed by atoms with E-state index in [1.807, 2.05) is 43.4 Å². The summed E-state index contributed by atoms with van der Waals surface area (Å²) in [7, 11) is 3.59. The topological polar surface area (TPSA) is 30.5 Å². The molecule has 0 radical (unpaired) electrons. The van der Waals surface area contributed by atoms with Crippen LogP contribution >= 0.6 is 0 Å². The molecule has 3 heteroatoms. The van der Waals surface area contributed by atoms with Gasteiger partial charge in [-0.1, -0.05) is 36.4 Å². The summed E-state index contributed by atoms with van der Waals surface area (Å²) in [4.78, 5) is 0. The van der Waals surface area contributed by atoms with Gasteiger partial charge in [0.15, 0.2) is 0 Å². The van der Waals surface area contributed by atoms with E-state index in [4.69, 9.17) is 9.47 Å². The normalized spacial score (nSPS) is 11.9. The molecule has 2 aromatic rings. The lowest BCUT2D eigenvalue weighted by Crippen LogP contribution is -2.09. The zero-order valence-electron chi connectivity index (χ0n) is 12.2. The van der Waals surface area contributed by atoms with Crippen LogP contribution in [0.1, 0.15) is 24.2 Å². The maximum Gasteiger partial charge on any atom is 0.128 e. The Morgan fingerprint density at radius 3 is 2.50 bits per heavy atom. The second-order valence-corrected chi connectivity index (χ2v) is 4.67. The molecule has 0 aliphatic carbocycles. The van der Waals surface area contributed by atoms with Crippen LogP contribution in [0.5, 0.6) is 11.5 Å². The van der Waals surface area contributed by atoms with E-state index in [-0.39, 0.29) is 6.10 Å². The first-order valence-electron chi connectivity index (χ1n) is 6.77. The molecule has 2 aromatic carbocycles. The van der Waals surface area contributed by atoms with Crippen molar-refractivity contribution in [2.24, 2.45) is 0 Å². The number of rotatable bonds is 6. The van der Waals surface area contributed by atoms with Crippen molar-refractivity contribution < 1.29 is 9.47 Å². The molecule has 0 spiro atoms. The van der Waals surface area contributed by atoms with Crippen molar-refractivity contribution in [1.82, 2.24) is 5.32 Å². The van der Waals surface area contributed by atoms with Gasteiger partial charge in [0.25, 0.3) is 0 Å². The van der Waals surface area contributed by atoms with Gasteiger partial charge in [-0.3, -0.25) is 0 Å². The number of ether oxygens (including phenoxy) is 2. The minimum absolute atomic E-state index is 0.00101. The van der Waals surface area contributed by atoms with Gasteiger partial charge in [-0.25, -0.2) is 0 Å². The average molecular weight is 271 g/mol. The SMILES string of the molecule is CNCc1ccc(OC)cc1OC(C)c1ccccc1. The molecule has 1 N–H and O–H groups in total. The Kier molecular flexibility index (Phi) is 5.02. The van der Waals surface area contributed by atoms with Crippen LogP contribution in [-0.2, 0) is 6.54 Å². The van der Waals surface area contributed by atoms with Crippen molar-refractivity contribution in [3.05, 3.63) is 59.7 Å². The van der Waals surface area contributed by atoms with Gasteiger partial charge < -0.3 is 14.8 Å². The van der Waals surface area contributed by atoms with Crippen LogP contribution in [0.15, 0.2) is 48.5 Å². The van der Waals surface area contributed by atoms with Crippen LogP contribution in [0.3, 0.4) is 0 Å². The lowest BCUT2D eigenvalue weighted by molar-refractivity contribution is 0.223. The summed E-state index contributed by atoms with van der Waals surface area (Å²) in [5, 5.41) is 3.15. The summed E-state index contributed by atoms with van der Waals surface area (Å²) in [6.07, 6.45) is -0.00101. The van der Waals surface area contributed by atoms with E-state index in [0.717, 1.165) is 29.2 Å². The maximum atomic E-state index is 6.11. The average Bonchev–Trinajstić information content (AvgIpc) is 2.50. The first-order chi connectivity index (χ1) is 9.74. The number of hydrogen-bond acceptors (Lipinski definition) is 3. The zero-order valence-corrected chi connectivity index (χ0v) is 12.2. The van der Waals surface area contributed by atoms with E-state index >= 15 is 0 Å². The Labute approximate surface area is 120 Å². The molecule has 0 aliphatic rings. The van der Waals surface area contributed by atoms with Crippen LogP contribution in [0.2, 0.25) is 0 Å². The fraction of sp³-hybridized carbons (Fsp3) is 0.294. The number of nitrogens with one attached hydrogen (secondary N) is 1. The third kappa shape index (κ3) is 3.52. The van der Waals surface area contributed by atoms with E-state index in [9.17, 15) is 0 Å². The summed E-state index contributed by atoms with van der Waals surface area (Å²) in [6.45, 7) is 2.82. The fourth-order valence-electron chi connectivity index (χ4n) is 2.09. The second-order valence-electron chi connectivity index (χ2n) is 4.67. The van der Waals surface area contributed by atoms with Gasteiger partial charge in [-0.05, 0) is 25.6 Å². The van der Waals surface area contributed by atoms with E-state index in [2.05, 4.69) is 24.4 Å². The molecule has 3 nitrogen and oxygen atoms in total. The molecule has 0 aliphatic heterocycles. The molecule has 0 amide bonds. The van der Waals surface area contributed by atoms with E-state index in [1.165, 1.54) is 0 Å². The van der Waals surface area contributed by atoms with Crippen molar-refractivity contribution in [2.45, 2.75) is 19.6 Å². The molecule has 106 valence electrons. The first-order valence-corrected chi connectivity index (χ1v) is 6.77. The van der Waals surface area contributed by atoms with Crippen molar-refractivity contribution in [1.29, 1.82) is 0 Å². The van der Waals surface area contributed by atoms with Crippen LogP contribution in [0, 0.1) is 0 Å². The van der Waals surface area contributed by atoms with Crippen LogP contribution < -0.4 is 14.8 Å². The Morgan fingerprint density at radius 2 is 1.85 bits per heavy atom. The largest absolute Gasteiger partial charge is 0.497 e. The Bertz CT molecular complexity index is 540. The summed E-state index contributed by atoms with van der Waals surface area (Å²) >= 11 is 0. The van der Waals surface area contributed by atoms with Crippen molar-refractivity contribution >= 4 is 0 Å². The van der Waals surface area contributed by atoms with Gasteiger partial charge in [-0.15, -0.1) is 0 Å². The molecule has 0 bridgehead atoms. The lowest BCUT2D eigenvalue weighted by Gasteiger charge is -2.18. The maximum absolute atomic E-state index is 6.11. The predicted molar refractivity (Wildman–Crippen MR) is 81.2 cm³/mol. The summed E-state index contributed by atoms with van der Waals surface area (Å²) in [6, 6.07) is 16.1. The number of methoxy groups -OCH3 is 1. The smallest absolute Gasteiger partial charge is 0.128 e. The minimum atomic E-state index is -0.00101. The fourth-order valence-corrected chi connectivity index (χ4v) is 2.09. The first kappa shape index (κ1) is 14.4. The highest BCUT2D eigenvalue weighted by atomic mass is 16.5. The zero-order chi connectivity index (χ0) is 14.4. The van der Waals surface area contributed by atoms with Crippen LogP contribution in [0.4, 0.5) is 0 Å². The third-order valence-corrected chi connectivity index (χ3v) is 3.21. The van der Waals surface area contributed by atoms with E-state index in [0.29, 0.717) is 0 Å². The molecule has 1 atom stereocenters. The van der Waals surface area contributed by atoms with E-state index in [1.54, 1.807) is 7.11 Å². The Hall–Kier alpha value is -2.00. The third-order valence-electron chi connectivity index (χ3n) is 3.21. The van der Waals surface area contributed by atoms with Gasteiger partial charge in [0, 0.05) is 18.2 Å².